The van der Waals surface area contributed by atoms with Crippen molar-refractivity contribution in [3.63, 3.8) is 0 Å². The zero-order valence-electron chi connectivity index (χ0n) is 7.23. The third-order valence-electron chi connectivity index (χ3n) is 2.87. The van der Waals surface area contributed by atoms with Crippen LogP contribution in [0.15, 0.2) is 22.7 Å². The van der Waals surface area contributed by atoms with Crippen LogP contribution in [0.3, 0.4) is 0 Å². The molecule has 0 radical (unpaired) electrons. The summed E-state index contributed by atoms with van der Waals surface area (Å²) < 4.78 is 1.16. The second-order valence-corrected chi connectivity index (χ2v) is 4.78. The van der Waals surface area contributed by atoms with Crippen molar-refractivity contribution >= 4 is 27.3 Å². The average molecular weight is 239 g/mol. The van der Waals surface area contributed by atoms with E-state index in [9.17, 15) is 0 Å². The van der Waals surface area contributed by atoms with Crippen molar-refractivity contribution in [1.29, 1.82) is 0 Å². The monoisotopic (exact) mass is 238 g/mol. The first kappa shape index (κ1) is 7.68. The highest BCUT2D eigenvalue weighted by Gasteiger charge is 2.45. The first-order valence-corrected chi connectivity index (χ1v) is 5.39. The number of benzene rings is 1. The maximum Gasteiger partial charge on any atom is 0.0725 e. The molecule has 0 aromatic heterocycles. The fraction of sp³-hybridized carbons (Fsp3) is 0.400. The summed E-state index contributed by atoms with van der Waals surface area (Å²) in [5.41, 5.74) is 2.81. The minimum absolute atomic E-state index is 0.372. The minimum Gasteiger partial charge on any atom is -0.381 e. The molecular formula is C10H11BrN2. The second-order valence-electron chi connectivity index (χ2n) is 3.92. The summed E-state index contributed by atoms with van der Waals surface area (Å²) in [6, 6.07) is 6.25. The van der Waals surface area contributed by atoms with E-state index in [-0.39, 0.29) is 0 Å². The van der Waals surface area contributed by atoms with Gasteiger partial charge in [0.25, 0.3) is 0 Å². The Morgan fingerprint density at radius 1 is 1.31 bits per heavy atom. The Hall–Kier alpha value is -0.700. The van der Waals surface area contributed by atoms with Gasteiger partial charge in [0.05, 0.1) is 16.9 Å². The standard InChI is InChI=1S/C10H11BrN2/c11-7-2-1-3-8-9(7)13-10(4-5-10)6-12-8/h1-3,12-13H,4-6H2. The molecule has 3 heteroatoms. The van der Waals surface area contributed by atoms with Gasteiger partial charge < -0.3 is 10.6 Å². The summed E-state index contributed by atoms with van der Waals surface area (Å²) in [6.45, 7) is 1.07. The molecule has 0 bridgehead atoms. The van der Waals surface area contributed by atoms with Crippen LogP contribution >= 0.6 is 15.9 Å². The lowest BCUT2D eigenvalue weighted by atomic mass is 10.1. The van der Waals surface area contributed by atoms with Gasteiger partial charge in [-0.25, -0.2) is 0 Å². The first-order chi connectivity index (χ1) is 6.29. The highest BCUT2D eigenvalue weighted by atomic mass is 79.9. The van der Waals surface area contributed by atoms with E-state index >= 15 is 0 Å². The summed E-state index contributed by atoms with van der Waals surface area (Å²) in [5.74, 6) is 0. The Labute approximate surface area is 85.8 Å². The number of hydrogen-bond acceptors (Lipinski definition) is 2. The van der Waals surface area contributed by atoms with E-state index < -0.39 is 0 Å². The van der Waals surface area contributed by atoms with E-state index in [2.05, 4.69) is 44.8 Å². The molecule has 2 N–H and O–H groups in total. The highest BCUT2D eigenvalue weighted by molar-refractivity contribution is 9.10. The topological polar surface area (TPSA) is 24.1 Å². The van der Waals surface area contributed by atoms with Gasteiger partial charge in [0.1, 0.15) is 0 Å². The van der Waals surface area contributed by atoms with Crippen LogP contribution in [-0.2, 0) is 0 Å². The van der Waals surface area contributed by atoms with Gasteiger partial charge in [0.15, 0.2) is 0 Å². The van der Waals surface area contributed by atoms with Crippen LogP contribution in [0.5, 0.6) is 0 Å². The number of fused-ring (bicyclic) bond motifs is 1. The van der Waals surface area contributed by atoms with E-state index in [0.29, 0.717) is 5.54 Å². The number of rotatable bonds is 0. The lowest BCUT2D eigenvalue weighted by Crippen LogP contribution is -2.35. The van der Waals surface area contributed by atoms with Crippen molar-refractivity contribution in [2.75, 3.05) is 17.2 Å². The van der Waals surface area contributed by atoms with E-state index in [1.807, 2.05) is 0 Å². The number of anilines is 2. The maximum atomic E-state index is 3.61. The SMILES string of the molecule is Brc1cccc2c1NC1(CC1)CN2. The van der Waals surface area contributed by atoms with Crippen LogP contribution in [-0.4, -0.2) is 12.1 Å². The summed E-state index contributed by atoms with van der Waals surface area (Å²) in [5, 5.41) is 7.07. The molecule has 0 saturated heterocycles. The molecule has 1 saturated carbocycles. The van der Waals surface area contributed by atoms with Gasteiger partial charge in [-0.1, -0.05) is 6.07 Å². The molecule has 1 fully saturated rings. The van der Waals surface area contributed by atoms with Crippen LogP contribution < -0.4 is 10.6 Å². The van der Waals surface area contributed by atoms with Gasteiger partial charge in [-0.05, 0) is 40.9 Å². The molecule has 1 aromatic rings. The van der Waals surface area contributed by atoms with Crippen molar-refractivity contribution in [2.45, 2.75) is 18.4 Å². The molecule has 0 amide bonds. The molecule has 3 rings (SSSR count). The van der Waals surface area contributed by atoms with Crippen LogP contribution in [0, 0.1) is 0 Å². The molecule has 1 aliphatic heterocycles. The molecule has 13 heavy (non-hydrogen) atoms. The third-order valence-corrected chi connectivity index (χ3v) is 3.54. The van der Waals surface area contributed by atoms with Gasteiger partial charge in [0.2, 0.25) is 0 Å². The predicted octanol–water partition coefficient (Wildman–Crippen LogP) is 2.82. The zero-order valence-corrected chi connectivity index (χ0v) is 8.82. The van der Waals surface area contributed by atoms with E-state index in [1.165, 1.54) is 24.2 Å². The van der Waals surface area contributed by atoms with Crippen molar-refractivity contribution in [3.8, 4) is 0 Å². The Bertz CT molecular complexity index is 358. The summed E-state index contributed by atoms with van der Waals surface area (Å²) in [7, 11) is 0. The second kappa shape index (κ2) is 2.41. The summed E-state index contributed by atoms with van der Waals surface area (Å²) in [4.78, 5) is 0. The van der Waals surface area contributed by atoms with E-state index in [1.54, 1.807) is 0 Å². The molecule has 0 unspecified atom stereocenters. The quantitative estimate of drug-likeness (QED) is 0.727. The van der Waals surface area contributed by atoms with Gasteiger partial charge >= 0.3 is 0 Å². The molecule has 1 spiro atoms. The lowest BCUT2D eigenvalue weighted by molar-refractivity contribution is 0.754. The van der Waals surface area contributed by atoms with Crippen molar-refractivity contribution in [1.82, 2.24) is 0 Å². The Morgan fingerprint density at radius 2 is 2.15 bits per heavy atom. The van der Waals surface area contributed by atoms with Crippen molar-refractivity contribution < 1.29 is 0 Å². The van der Waals surface area contributed by atoms with E-state index in [4.69, 9.17) is 0 Å². The molecule has 2 aliphatic rings. The largest absolute Gasteiger partial charge is 0.381 e. The summed E-state index contributed by atoms with van der Waals surface area (Å²) >= 11 is 3.56. The lowest BCUT2D eigenvalue weighted by Gasteiger charge is -2.29. The molecule has 0 atom stereocenters. The maximum absolute atomic E-state index is 3.61. The van der Waals surface area contributed by atoms with Gasteiger partial charge in [-0.2, -0.15) is 0 Å². The first-order valence-electron chi connectivity index (χ1n) is 4.60. The molecule has 1 aromatic carbocycles. The number of halogens is 1. The molecular weight excluding hydrogens is 228 g/mol. The predicted molar refractivity (Wildman–Crippen MR) is 58.2 cm³/mol. The number of nitrogens with one attached hydrogen (secondary N) is 2. The van der Waals surface area contributed by atoms with Gasteiger partial charge in [0, 0.05) is 11.0 Å². The number of hydrogen-bond donors (Lipinski definition) is 2. The Morgan fingerprint density at radius 3 is 2.92 bits per heavy atom. The van der Waals surface area contributed by atoms with Gasteiger partial charge in [-0.3, -0.25) is 0 Å². The van der Waals surface area contributed by atoms with Crippen molar-refractivity contribution in [3.05, 3.63) is 22.7 Å². The van der Waals surface area contributed by atoms with Crippen LogP contribution in [0.2, 0.25) is 0 Å². The van der Waals surface area contributed by atoms with Crippen LogP contribution in [0.25, 0.3) is 0 Å². The molecule has 68 valence electrons. The van der Waals surface area contributed by atoms with Crippen LogP contribution in [0.1, 0.15) is 12.8 Å². The molecule has 2 nitrogen and oxygen atoms in total. The van der Waals surface area contributed by atoms with E-state index in [0.717, 1.165) is 11.0 Å². The fourth-order valence-corrected chi connectivity index (χ4v) is 2.29. The van der Waals surface area contributed by atoms with Crippen LogP contribution in [0.4, 0.5) is 11.4 Å². The third kappa shape index (κ3) is 1.14. The zero-order chi connectivity index (χ0) is 8.89. The average Bonchev–Trinajstić information content (AvgIpc) is 2.88. The number of para-hydroxylation sites is 1. The Kier molecular flexibility index (Phi) is 1.42. The normalized spacial score (nSPS) is 21.6. The highest BCUT2D eigenvalue weighted by Crippen LogP contribution is 2.46. The molecule has 1 aliphatic carbocycles. The Balaban J connectivity index is 2.06. The fourth-order valence-electron chi connectivity index (χ4n) is 1.82. The van der Waals surface area contributed by atoms with Gasteiger partial charge in [-0.15, -0.1) is 0 Å². The smallest absolute Gasteiger partial charge is 0.0725 e. The molecule has 1 heterocycles. The van der Waals surface area contributed by atoms with Crippen molar-refractivity contribution in [2.24, 2.45) is 0 Å². The summed E-state index contributed by atoms with van der Waals surface area (Å²) in [6.07, 6.45) is 2.58. The minimum atomic E-state index is 0.372.